The SMILES string of the molecule is CC(C)(C)OC(=O)CCCCCCCCCCCCCCCCCC(=O)O.O=C(O)CCCCCCCCCCCCCCCCCC(=O)O. The predicted octanol–water partition coefficient (Wildman–Crippen LogP) is 12.8. The molecule has 3 N–H and O–H groups in total. The molecule has 0 bridgehead atoms. The van der Waals surface area contributed by atoms with E-state index in [1.807, 2.05) is 20.8 Å². The van der Waals surface area contributed by atoms with Gasteiger partial charge in [0.1, 0.15) is 5.60 Å². The number of hydrogen-bond donors (Lipinski definition) is 3. The zero-order chi connectivity index (χ0) is 37.6. The second-order valence-corrected chi connectivity index (χ2v) is 15.4. The zero-order valence-corrected chi connectivity index (χ0v) is 32.9. The van der Waals surface area contributed by atoms with Crippen LogP contribution in [0.1, 0.15) is 239 Å². The topological polar surface area (TPSA) is 138 Å². The highest BCUT2D eigenvalue weighted by Crippen LogP contribution is 2.16. The summed E-state index contributed by atoms with van der Waals surface area (Å²) < 4.78 is 5.31. The van der Waals surface area contributed by atoms with Crippen molar-refractivity contribution >= 4 is 23.9 Å². The fraction of sp³-hybridized carbons (Fsp3) is 0.905. The van der Waals surface area contributed by atoms with Gasteiger partial charge in [-0.05, 0) is 46.5 Å². The van der Waals surface area contributed by atoms with Crippen molar-refractivity contribution in [1.29, 1.82) is 0 Å². The highest BCUT2D eigenvalue weighted by atomic mass is 16.6. The summed E-state index contributed by atoms with van der Waals surface area (Å²) in [5, 5.41) is 25.6. The van der Waals surface area contributed by atoms with Crippen molar-refractivity contribution in [2.75, 3.05) is 0 Å². The Hall–Kier alpha value is -2.12. The number of hydrogen-bond acceptors (Lipinski definition) is 5. The normalized spacial score (nSPS) is 11.2. The lowest BCUT2D eigenvalue weighted by Gasteiger charge is -2.19. The Morgan fingerprint density at radius 2 is 0.480 bits per heavy atom. The maximum atomic E-state index is 11.6. The minimum absolute atomic E-state index is 0.0669. The van der Waals surface area contributed by atoms with Gasteiger partial charge >= 0.3 is 23.9 Å². The van der Waals surface area contributed by atoms with E-state index in [1.165, 1.54) is 141 Å². The molecule has 0 saturated heterocycles. The third-order valence-corrected chi connectivity index (χ3v) is 8.97. The fourth-order valence-electron chi connectivity index (χ4n) is 6.09. The van der Waals surface area contributed by atoms with Gasteiger partial charge in [0.25, 0.3) is 0 Å². The number of aliphatic carboxylic acids is 3. The molecule has 0 radical (unpaired) electrons. The van der Waals surface area contributed by atoms with Crippen molar-refractivity contribution in [2.24, 2.45) is 0 Å². The first-order valence-electron chi connectivity index (χ1n) is 20.8. The van der Waals surface area contributed by atoms with E-state index in [0.717, 1.165) is 51.4 Å². The van der Waals surface area contributed by atoms with Crippen LogP contribution in [0.25, 0.3) is 0 Å². The molecule has 0 aromatic rings. The first-order chi connectivity index (χ1) is 23.9. The number of carbonyl (C=O) groups excluding carboxylic acids is 1. The number of ether oxygens (including phenoxy) is 1. The lowest BCUT2D eigenvalue weighted by atomic mass is 10.0. The van der Waals surface area contributed by atoms with E-state index in [-0.39, 0.29) is 11.6 Å². The van der Waals surface area contributed by atoms with E-state index in [4.69, 9.17) is 20.1 Å². The number of carbonyl (C=O) groups is 4. The molecule has 0 amide bonds. The first-order valence-corrected chi connectivity index (χ1v) is 20.8. The van der Waals surface area contributed by atoms with Crippen LogP contribution in [0.4, 0.5) is 0 Å². The van der Waals surface area contributed by atoms with Crippen molar-refractivity contribution in [1.82, 2.24) is 0 Å². The molecule has 296 valence electrons. The summed E-state index contributed by atoms with van der Waals surface area (Å²) in [7, 11) is 0. The lowest BCUT2D eigenvalue weighted by molar-refractivity contribution is -0.155. The van der Waals surface area contributed by atoms with E-state index >= 15 is 0 Å². The maximum Gasteiger partial charge on any atom is 0.306 e. The largest absolute Gasteiger partial charge is 0.481 e. The molecule has 0 aromatic carbocycles. The molecule has 0 aromatic heterocycles. The lowest BCUT2D eigenvalue weighted by Crippen LogP contribution is -2.23. The maximum absolute atomic E-state index is 11.6. The first kappa shape index (κ1) is 50.0. The van der Waals surface area contributed by atoms with Gasteiger partial charge in [0, 0.05) is 25.7 Å². The number of esters is 1. The average molecular weight is 713 g/mol. The Kier molecular flexibility index (Phi) is 38.1. The van der Waals surface area contributed by atoms with Gasteiger partial charge in [-0.15, -0.1) is 0 Å². The van der Waals surface area contributed by atoms with Gasteiger partial charge in [-0.25, -0.2) is 0 Å². The van der Waals surface area contributed by atoms with Crippen LogP contribution < -0.4 is 0 Å². The van der Waals surface area contributed by atoms with Gasteiger partial charge in [0.05, 0.1) is 0 Å². The Balaban J connectivity index is 0. The Morgan fingerprint density at radius 1 is 0.320 bits per heavy atom. The van der Waals surface area contributed by atoms with Crippen molar-refractivity contribution in [3.63, 3.8) is 0 Å². The van der Waals surface area contributed by atoms with E-state index in [9.17, 15) is 19.2 Å². The molecule has 8 heteroatoms. The highest BCUT2D eigenvalue weighted by molar-refractivity contribution is 5.69. The minimum Gasteiger partial charge on any atom is -0.481 e. The molecular formula is C42H80O8. The van der Waals surface area contributed by atoms with E-state index in [0.29, 0.717) is 25.7 Å². The molecule has 0 rings (SSSR count). The third-order valence-electron chi connectivity index (χ3n) is 8.97. The summed E-state index contributed by atoms with van der Waals surface area (Å²) in [5.74, 6) is -2.09. The van der Waals surface area contributed by atoms with Crippen molar-refractivity contribution < 1.29 is 39.2 Å². The second kappa shape index (κ2) is 38.1. The van der Waals surface area contributed by atoms with Gasteiger partial charge in [0.2, 0.25) is 0 Å². The molecule has 0 aliphatic carbocycles. The predicted molar refractivity (Wildman–Crippen MR) is 206 cm³/mol. The van der Waals surface area contributed by atoms with Crippen LogP contribution in [0.5, 0.6) is 0 Å². The molecule has 0 heterocycles. The molecule has 50 heavy (non-hydrogen) atoms. The zero-order valence-electron chi connectivity index (χ0n) is 32.9. The Labute approximate surface area is 307 Å². The van der Waals surface area contributed by atoms with Gasteiger partial charge < -0.3 is 20.1 Å². The highest BCUT2D eigenvalue weighted by Gasteiger charge is 2.15. The minimum atomic E-state index is -0.676. The molecule has 0 unspecified atom stereocenters. The third kappa shape index (κ3) is 50.3. The van der Waals surface area contributed by atoms with Crippen molar-refractivity contribution in [3.05, 3.63) is 0 Å². The number of carboxylic acids is 3. The molecule has 0 atom stereocenters. The molecule has 0 saturated carbocycles. The van der Waals surface area contributed by atoms with Gasteiger partial charge in [-0.2, -0.15) is 0 Å². The van der Waals surface area contributed by atoms with Crippen LogP contribution in [0.3, 0.4) is 0 Å². The standard InChI is InChI=1S/C23H44O4.C19H36O4/c1-23(2,3)27-22(26)20-18-16-14-12-10-8-6-4-5-7-9-11-13-15-17-19-21(24)25;20-18(21)16-14-12-10-8-6-4-2-1-3-5-7-9-11-13-15-17-19(22)23/h4-20H2,1-3H3,(H,24,25);1-17H2,(H,20,21)(H,22,23). The monoisotopic (exact) mass is 713 g/mol. The van der Waals surface area contributed by atoms with Crippen molar-refractivity contribution in [3.8, 4) is 0 Å². The van der Waals surface area contributed by atoms with Crippen LogP contribution in [-0.2, 0) is 23.9 Å². The van der Waals surface area contributed by atoms with E-state index < -0.39 is 17.9 Å². The van der Waals surface area contributed by atoms with Crippen LogP contribution in [0.2, 0.25) is 0 Å². The molecule has 0 aliphatic rings. The smallest absolute Gasteiger partial charge is 0.306 e. The average Bonchev–Trinajstić information content (AvgIpc) is 3.03. The quantitative estimate of drug-likeness (QED) is 0.0431. The van der Waals surface area contributed by atoms with Crippen LogP contribution in [-0.4, -0.2) is 44.8 Å². The molecule has 8 nitrogen and oxygen atoms in total. The van der Waals surface area contributed by atoms with Crippen LogP contribution in [0.15, 0.2) is 0 Å². The summed E-state index contributed by atoms with van der Waals surface area (Å²) in [4.78, 5) is 42.7. The molecule has 0 fully saturated rings. The van der Waals surface area contributed by atoms with Gasteiger partial charge in [-0.3, -0.25) is 19.2 Å². The summed E-state index contributed by atoms with van der Waals surface area (Å²) >= 11 is 0. The second-order valence-electron chi connectivity index (χ2n) is 15.4. The van der Waals surface area contributed by atoms with Gasteiger partial charge in [0.15, 0.2) is 0 Å². The van der Waals surface area contributed by atoms with Crippen LogP contribution in [0, 0.1) is 0 Å². The summed E-state index contributed by atoms with van der Waals surface area (Å²) in [6.07, 6.45) is 37.5. The van der Waals surface area contributed by atoms with E-state index in [1.54, 1.807) is 0 Å². The number of unbranched alkanes of at least 4 members (excludes halogenated alkanes) is 28. The number of rotatable bonds is 36. The number of carboxylic acid groups (broad SMARTS) is 3. The van der Waals surface area contributed by atoms with Gasteiger partial charge in [-0.1, -0.05) is 167 Å². The fourth-order valence-corrected chi connectivity index (χ4v) is 6.09. The molecule has 0 spiro atoms. The van der Waals surface area contributed by atoms with E-state index in [2.05, 4.69) is 0 Å². The molecule has 0 aliphatic heterocycles. The van der Waals surface area contributed by atoms with Crippen molar-refractivity contribution in [2.45, 2.75) is 245 Å². The summed E-state index contributed by atoms with van der Waals surface area (Å²) in [6.45, 7) is 5.74. The van der Waals surface area contributed by atoms with Crippen LogP contribution >= 0.6 is 0 Å². The molecular weight excluding hydrogens is 632 g/mol. The summed E-state index contributed by atoms with van der Waals surface area (Å²) in [5.41, 5.74) is -0.362. The Bertz CT molecular complexity index is 761. The Morgan fingerprint density at radius 3 is 0.640 bits per heavy atom. The summed E-state index contributed by atoms with van der Waals surface area (Å²) in [6, 6.07) is 0.